The number of carboxylic acid groups (broad SMARTS) is 1. The molecule has 0 aliphatic carbocycles. The van der Waals surface area contributed by atoms with Crippen LogP contribution < -0.4 is 0 Å². The normalized spacial score (nSPS) is 36.0. The summed E-state index contributed by atoms with van der Waals surface area (Å²) in [7, 11) is 0. The highest BCUT2D eigenvalue weighted by Crippen LogP contribution is 2.49. The minimum Gasteiger partial charge on any atom is -0.477 e. The Kier molecular flexibility index (Phi) is 2.46. The summed E-state index contributed by atoms with van der Waals surface area (Å²) in [5.41, 5.74) is 0.922. The second-order valence-electron chi connectivity index (χ2n) is 5.08. The van der Waals surface area contributed by atoms with Crippen molar-refractivity contribution < 1.29 is 24.5 Å². The number of fused-ring (bicyclic) bond motifs is 3. The highest BCUT2D eigenvalue weighted by molar-refractivity contribution is 6.00. The third-order valence-electron chi connectivity index (χ3n) is 4.13. The molecule has 0 spiro atoms. The Morgan fingerprint density at radius 1 is 1.56 bits per heavy atom. The van der Waals surface area contributed by atoms with E-state index in [1.807, 2.05) is 0 Å². The van der Waals surface area contributed by atoms with Gasteiger partial charge in [0.25, 0.3) is 0 Å². The molecule has 98 valence electrons. The lowest BCUT2D eigenvalue weighted by Gasteiger charge is -2.47. The van der Waals surface area contributed by atoms with Gasteiger partial charge in [0.15, 0.2) is 0 Å². The standard InChI is InChI=1S/C12H15NO5/c1-5(14)8-9-7-4-18-3-2-6(7)10(12(16)17)13(9)11(8)15/h5,7-9,14H,2-4H2,1H3,(H,16,17)/t5-,7-,8-,9-/m1/s1. The van der Waals surface area contributed by atoms with Gasteiger partial charge in [-0.2, -0.15) is 0 Å². The molecule has 18 heavy (non-hydrogen) atoms. The van der Waals surface area contributed by atoms with Crippen molar-refractivity contribution in [1.29, 1.82) is 0 Å². The van der Waals surface area contributed by atoms with Crippen molar-refractivity contribution in [1.82, 2.24) is 4.90 Å². The molecule has 3 heterocycles. The highest BCUT2D eigenvalue weighted by atomic mass is 16.5. The first-order valence-electron chi connectivity index (χ1n) is 6.09. The third-order valence-corrected chi connectivity index (χ3v) is 4.13. The van der Waals surface area contributed by atoms with E-state index < -0.39 is 18.0 Å². The van der Waals surface area contributed by atoms with E-state index in [1.165, 1.54) is 4.90 Å². The van der Waals surface area contributed by atoms with Crippen molar-refractivity contribution in [2.75, 3.05) is 13.2 Å². The molecule has 0 aromatic heterocycles. The summed E-state index contributed by atoms with van der Waals surface area (Å²) in [5, 5.41) is 18.9. The maximum Gasteiger partial charge on any atom is 0.352 e. The van der Waals surface area contributed by atoms with Gasteiger partial charge < -0.3 is 19.8 Å². The zero-order valence-electron chi connectivity index (χ0n) is 10.00. The fourth-order valence-electron chi connectivity index (χ4n) is 3.39. The summed E-state index contributed by atoms with van der Waals surface area (Å²) in [6.45, 7) is 2.50. The molecule has 3 rings (SSSR count). The van der Waals surface area contributed by atoms with Crippen LogP contribution in [0.1, 0.15) is 13.3 Å². The lowest BCUT2D eigenvalue weighted by molar-refractivity contribution is -0.164. The second kappa shape index (κ2) is 3.80. The number of β-lactam (4-membered cyclic amide) rings is 1. The van der Waals surface area contributed by atoms with E-state index in [2.05, 4.69) is 0 Å². The maximum atomic E-state index is 12.0. The number of aliphatic hydroxyl groups excluding tert-OH is 1. The molecule has 0 bridgehead atoms. The predicted octanol–water partition coefficient (Wildman–Crippen LogP) is -0.417. The molecule has 2 N–H and O–H groups in total. The Hall–Kier alpha value is -1.40. The third kappa shape index (κ3) is 1.30. The van der Waals surface area contributed by atoms with Crippen LogP contribution in [0, 0.1) is 11.8 Å². The van der Waals surface area contributed by atoms with E-state index in [0.717, 1.165) is 5.57 Å². The first-order chi connectivity index (χ1) is 8.54. The monoisotopic (exact) mass is 253 g/mol. The van der Waals surface area contributed by atoms with Crippen LogP contribution in [0.4, 0.5) is 0 Å². The van der Waals surface area contributed by atoms with Gasteiger partial charge in [-0.05, 0) is 18.9 Å². The number of carbonyl (C=O) groups excluding carboxylic acids is 1. The van der Waals surface area contributed by atoms with E-state index in [-0.39, 0.29) is 23.6 Å². The van der Waals surface area contributed by atoms with E-state index in [4.69, 9.17) is 4.74 Å². The number of aliphatic hydroxyl groups is 1. The van der Waals surface area contributed by atoms with Crippen molar-refractivity contribution >= 4 is 11.9 Å². The Balaban J connectivity index is 2.00. The fourth-order valence-corrected chi connectivity index (χ4v) is 3.39. The lowest BCUT2D eigenvalue weighted by Crippen LogP contribution is -2.64. The van der Waals surface area contributed by atoms with Gasteiger partial charge in [0.05, 0.1) is 31.3 Å². The van der Waals surface area contributed by atoms with Gasteiger partial charge in [-0.3, -0.25) is 4.79 Å². The number of hydrogen-bond acceptors (Lipinski definition) is 4. The molecule has 1 amide bonds. The number of nitrogens with zero attached hydrogens (tertiary/aromatic N) is 1. The summed E-state index contributed by atoms with van der Waals surface area (Å²) in [6.07, 6.45) is -0.200. The van der Waals surface area contributed by atoms with Crippen LogP contribution in [-0.2, 0) is 14.3 Å². The summed E-state index contributed by atoms with van der Waals surface area (Å²) in [4.78, 5) is 24.6. The van der Waals surface area contributed by atoms with Crippen LogP contribution in [0.3, 0.4) is 0 Å². The average molecular weight is 253 g/mol. The number of aliphatic carboxylic acids is 1. The van der Waals surface area contributed by atoms with Crippen molar-refractivity contribution in [2.24, 2.45) is 11.8 Å². The minimum atomic E-state index is -1.06. The van der Waals surface area contributed by atoms with Crippen LogP contribution in [0.25, 0.3) is 0 Å². The quantitative estimate of drug-likeness (QED) is 0.653. The summed E-state index contributed by atoms with van der Waals surface area (Å²) in [5.74, 6) is -1.91. The molecule has 0 unspecified atom stereocenters. The molecule has 4 atom stereocenters. The van der Waals surface area contributed by atoms with Gasteiger partial charge in [0.1, 0.15) is 5.70 Å². The van der Waals surface area contributed by atoms with Gasteiger partial charge >= 0.3 is 5.97 Å². The van der Waals surface area contributed by atoms with Crippen LogP contribution in [-0.4, -0.2) is 52.3 Å². The van der Waals surface area contributed by atoms with Crippen molar-refractivity contribution in [3.05, 3.63) is 11.3 Å². The van der Waals surface area contributed by atoms with Crippen LogP contribution in [0.2, 0.25) is 0 Å². The number of ether oxygens (including phenoxy) is 1. The number of hydrogen-bond donors (Lipinski definition) is 2. The number of carbonyl (C=O) groups is 2. The molecular weight excluding hydrogens is 238 g/mol. The van der Waals surface area contributed by atoms with Crippen LogP contribution in [0.5, 0.6) is 0 Å². The first kappa shape index (κ1) is 11.7. The predicted molar refractivity (Wildman–Crippen MR) is 59.4 cm³/mol. The number of amides is 1. The Morgan fingerprint density at radius 3 is 2.89 bits per heavy atom. The van der Waals surface area contributed by atoms with Gasteiger partial charge in [-0.1, -0.05) is 0 Å². The molecule has 6 heteroatoms. The number of carboxylic acids is 1. The van der Waals surface area contributed by atoms with Crippen LogP contribution in [0.15, 0.2) is 11.3 Å². The van der Waals surface area contributed by atoms with E-state index >= 15 is 0 Å². The average Bonchev–Trinajstić information content (AvgIpc) is 2.60. The molecule has 0 aromatic rings. The lowest BCUT2D eigenvalue weighted by atomic mass is 9.76. The molecule has 0 saturated carbocycles. The second-order valence-corrected chi connectivity index (χ2v) is 5.08. The molecule has 6 nitrogen and oxygen atoms in total. The first-order valence-corrected chi connectivity index (χ1v) is 6.09. The van der Waals surface area contributed by atoms with Gasteiger partial charge in [-0.15, -0.1) is 0 Å². The molecule has 2 fully saturated rings. The topological polar surface area (TPSA) is 87.1 Å². The molecule has 3 aliphatic heterocycles. The van der Waals surface area contributed by atoms with Crippen LogP contribution >= 0.6 is 0 Å². The Morgan fingerprint density at radius 2 is 2.28 bits per heavy atom. The minimum absolute atomic E-state index is 0.0675. The molecule has 0 aromatic carbocycles. The fraction of sp³-hybridized carbons (Fsp3) is 0.667. The van der Waals surface area contributed by atoms with E-state index in [9.17, 15) is 19.8 Å². The Labute approximate surface area is 104 Å². The smallest absolute Gasteiger partial charge is 0.352 e. The molecule has 2 saturated heterocycles. The summed E-state index contributed by atoms with van der Waals surface area (Å²) < 4.78 is 5.38. The van der Waals surface area contributed by atoms with Gasteiger partial charge in [0.2, 0.25) is 5.91 Å². The molecular formula is C12H15NO5. The zero-order chi connectivity index (χ0) is 13.0. The van der Waals surface area contributed by atoms with Crippen molar-refractivity contribution in [3.8, 4) is 0 Å². The summed E-state index contributed by atoms with van der Waals surface area (Å²) >= 11 is 0. The maximum absolute atomic E-state index is 12.0. The molecule has 0 radical (unpaired) electrons. The van der Waals surface area contributed by atoms with Gasteiger partial charge in [-0.25, -0.2) is 4.79 Å². The van der Waals surface area contributed by atoms with Crippen molar-refractivity contribution in [3.63, 3.8) is 0 Å². The van der Waals surface area contributed by atoms with E-state index in [1.54, 1.807) is 6.92 Å². The zero-order valence-corrected chi connectivity index (χ0v) is 10.00. The molecule has 3 aliphatic rings. The SMILES string of the molecule is C[C@@H](O)[C@H]1C(=O)N2C(C(=O)O)=C3CCOC[C@H]3[C@H]12. The van der Waals surface area contributed by atoms with Crippen molar-refractivity contribution in [2.45, 2.75) is 25.5 Å². The summed E-state index contributed by atoms with van der Waals surface area (Å²) in [6, 6.07) is -0.237. The Bertz CT molecular complexity index is 455. The largest absolute Gasteiger partial charge is 0.477 e. The van der Waals surface area contributed by atoms with Gasteiger partial charge in [0, 0.05) is 5.92 Å². The number of rotatable bonds is 2. The highest BCUT2D eigenvalue weighted by Gasteiger charge is 2.61. The van der Waals surface area contributed by atoms with E-state index in [0.29, 0.717) is 19.6 Å².